The minimum Gasteiger partial charge on any atom is -0.492 e. The van der Waals surface area contributed by atoms with E-state index in [1.54, 1.807) is 10.9 Å². The van der Waals surface area contributed by atoms with Crippen molar-refractivity contribution < 1.29 is 9.53 Å². The first-order valence-electron chi connectivity index (χ1n) is 8.15. The number of benzene rings is 2. The van der Waals surface area contributed by atoms with Gasteiger partial charge in [0.25, 0.3) is 5.91 Å². The number of para-hydroxylation sites is 2. The first kappa shape index (κ1) is 16.3. The number of hydrogen-bond donors (Lipinski definition) is 1. The van der Waals surface area contributed by atoms with Gasteiger partial charge in [-0.05, 0) is 18.2 Å². The molecule has 7 heteroatoms. The number of hydrogen-bond acceptors (Lipinski definition) is 5. The van der Waals surface area contributed by atoms with E-state index in [1.165, 1.54) is 11.3 Å². The molecule has 0 spiro atoms. The maximum absolute atomic E-state index is 12.6. The van der Waals surface area contributed by atoms with E-state index >= 15 is 0 Å². The van der Waals surface area contributed by atoms with E-state index in [9.17, 15) is 4.79 Å². The second-order valence-corrected chi connectivity index (χ2v) is 6.44. The molecule has 0 aliphatic rings. The predicted molar refractivity (Wildman–Crippen MR) is 102 cm³/mol. The molecule has 2 aromatic heterocycles. The lowest BCUT2D eigenvalue weighted by Gasteiger charge is -2.06. The third-order valence-electron chi connectivity index (χ3n) is 3.84. The topological polar surface area (TPSA) is 69.0 Å². The first-order chi connectivity index (χ1) is 12.8. The maximum Gasteiger partial charge on any atom is 0.278 e. The molecular formula is C19H16N4O2S. The molecule has 0 fully saturated rings. The van der Waals surface area contributed by atoms with Crippen LogP contribution in [0.15, 0.2) is 66.2 Å². The van der Waals surface area contributed by atoms with Crippen molar-refractivity contribution in [2.45, 2.75) is 6.54 Å². The number of nitrogens with zero attached hydrogens (tertiary/aromatic N) is 3. The van der Waals surface area contributed by atoms with Crippen LogP contribution in [0.5, 0.6) is 5.75 Å². The lowest BCUT2D eigenvalue weighted by Crippen LogP contribution is -2.14. The normalized spacial score (nSPS) is 10.8. The van der Waals surface area contributed by atoms with Crippen LogP contribution in [0.25, 0.3) is 10.9 Å². The van der Waals surface area contributed by atoms with Crippen LogP contribution < -0.4 is 10.1 Å². The molecule has 4 rings (SSSR count). The molecule has 0 aliphatic heterocycles. The van der Waals surface area contributed by atoms with E-state index in [0.717, 1.165) is 16.7 Å². The van der Waals surface area contributed by atoms with Crippen LogP contribution in [0.1, 0.15) is 10.5 Å². The van der Waals surface area contributed by atoms with Crippen LogP contribution >= 0.6 is 11.3 Å². The van der Waals surface area contributed by atoms with Gasteiger partial charge >= 0.3 is 0 Å². The van der Waals surface area contributed by atoms with Gasteiger partial charge < -0.3 is 4.74 Å². The molecule has 1 N–H and O–H groups in total. The van der Waals surface area contributed by atoms with Crippen molar-refractivity contribution in [3.63, 3.8) is 0 Å². The zero-order valence-corrected chi connectivity index (χ0v) is 14.6. The highest BCUT2D eigenvalue weighted by atomic mass is 32.1. The molecule has 0 atom stereocenters. The van der Waals surface area contributed by atoms with Gasteiger partial charge in [0.1, 0.15) is 12.4 Å². The van der Waals surface area contributed by atoms with Crippen molar-refractivity contribution >= 4 is 33.3 Å². The SMILES string of the molecule is O=C(Nc1nccs1)c1nn(CCOc2ccccc2)c2ccccc12. The fourth-order valence-corrected chi connectivity index (χ4v) is 3.20. The summed E-state index contributed by atoms with van der Waals surface area (Å²) in [7, 11) is 0. The Bertz CT molecular complexity index is 1010. The third-order valence-corrected chi connectivity index (χ3v) is 4.53. The van der Waals surface area contributed by atoms with Gasteiger partial charge in [-0.15, -0.1) is 11.3 Å². The van der Waals surface area contributed by atoms with Crippen molar-refractivity contribution in [3.05, 3.63) is 71.9 Å². The molecule has 0 bridgehead atoms. The number of thiazole rings is 1. The molecule has 130 valence electrons. The lowest BCUT2D eigenvalue weighted by molar-refractivity contribution is 0.102. The van der Waals surface area contributed by atoms with Gasteiger partial charge in [0.15, 0.2) is 10.8 Å². The van der Waals surface area contributed by atoms with Crippen LogP contribution in [0.3, 0.4) is 0 Å². The summed E-state index contributed by atoms with van der Waals surface area (Å²) in [6, 6.07) is 17.3. The second-order valence-electron chi connectivity index (χ2n) is 5.54. The number of carbonyl (C=O) groups is 1. The van der Waals surface area contributed by atoms with Gasteiger partial charge in [-0.2, -0.15) is 5.10 Å². The number of ether oxygens (including phenoxy) is 1. The Morgan fingerprint density at radius 2 is 1.92 bits per heavy atom. The van der Waals surface area contributed by atoms with E-state index in [2.05, 4.69) is 15.4 Å². The largest absolute Gasteiger partial charge is 0.492 e. The van der Waals surface area contributed by atoms with E-state index in [4.69, 9.17) is 4.74 Å². The minimum atomic E-state index is -0.265. The van der Waals surface area contributed by atoms with Gasteiger partial charge in [-0.25, -0.2) is 4.98 Å². The fraction of sp³-hybridized carbons (Fsp3) is 0.105. The van der Waals surface area contributed by atoms with Crippen molar-refractivity contribution in [3.8, 4) is 5.75 Å². The smallest absolute Gasteiger partial charge is 0.278 e. The number of amides is 1. The summed E-state index contributed by atoms with van der Waals surface area (Å²) in [5.41, 5.74) is 1.28. The third kappa shape index (κ3) is 3.43. The van der Waals surface area contributed by atoms with Crippen LogP contribution in [-0.4, -0.2) is 27.3 Å². The number of fused-ring (bicyclic) bond motifs is 1. The molecule has 2 heterocycles. The Labute approximate surface area is 154 Å². The summed E-state index contributed by atoms with van der Waals surface area (Å²) in [6.45, 7) is 1.00. The Morgan fingerprint density at radius 1 is 1.12 bits per heavy atom. The number of nitrogens with one attached hydrogen (secondary N) is 1. The molecule has 0 radical (unpaired) electrons. The van der Waals surface area contributed by atoms with Crippen molar-refractivity contribution in [2.24, 2.45) is 0 Å². The first-order valence-corrected chi connectivity index (χ1v) is 9.03. The highest BCUT2D eigenvalue weighted by Crippen LogP contribution is 2.20. The molecule has 0 saturated carbocycles. The Hall–Kier alpha value is -3.19. The molecule has 0 unspecified atom stereocenters. The van der Waals surface area contributed by atoms with Gasteiger partial charge in [-0.1, -0.05) is 36.4 Å². The summed E-state index contributed by atoms with van der Waals surface area (Å²) in [4.78, 5) is 16.7. The van der Waals surface area contributed by atoms with Crippen LogP contribution in [0.4, 0.5) is 5.13 Å². The second kappa shape index (κ2) is 7.37. The van der Waals surface area contributed by atoms with E-state index in [-0.39, 0.29) is 5.91 Å². The Balaban J connectivity index is 1.54. The van der Waals surface area contributed by atoms with Gasteiger partial charge in [0.2, 0.25) is 0 Å². The average Bonchev–Trinajstić information content (AvgIpc) is 3.31. The van der Waals surface area contributed by atoms with Gasteiger partial charge in [0.05, 0.1) is 12.1 Å². The quantitative estimate of drug-likeness (QED) is 0.565. The summed E-state index contributed by atoms with van der Waals surface area (Å²) in [5, 5.41) is 10.5. The number of aromatic nitrogens is 3. The molecule has 6 nitrogen and oxygen atoms in total. The standard InChI is InChI=1S/C19H16N4O2S/c24-18(21-19-20-10-13-26-19)17-15-8-4-5-9-16(15)23(22-17)11-12-25-14-6-2-1-3-7-14/h1-10,13H,11-12H2,(H,20,21,24). The highest BCUT2D eigenvalue weighted by molar-refractivity contribution is 7.13. The lowest BCUT2D eigenvalue weighted by atomic mass is 10.2. The van der Waals surface area contributed by atoms with Crippen molar-refractivity contribution in [1.82, 2.24) is 14.8 Å². The van der Waals surface area contributed by atoms with Crippen LogP contribution in [0, 0.1) is 0 Å². The van der Waals surface area contributed by atoms with E-state index in [1.807, 2.05) is 60.0 Å². The average molecular weight is 364 g/mol. The maximum atomic E-state index is 12.6. The van der Waals surface area contributed by atoms with Gasteiger partial charge in [0, 0.05) is 17.0 Å². The molecule has 0 aliphatic carbocycles. The molecule has 26 heavy (non-hydrogen) atoms. The zero-order chi connectivity index (χ0) is 17.8. The molecule has 1 amide bonds. The van der Waals surface area contributed by atoms with Crippen molar-refractivity contribution in [1.29, 1.82) is 0 Å². The molecule has 0 saturated heterocycles. The monoisotopic (exact) mass is 364 g/mol. The Morgan fingerprint density at radius 3 is 2.73 bits per heavy atom. The number of anilines is 1. The number of rotatable bonds is 6. The number of carbonyl (C=O) groups excluding carboxylic acids is 1. The van der Waals surface area contributed by atoms with Crippen LogP contribution in [0.2, 0.25) is 0 Å². The fourth-order valence-electron chi connectivity index (χ4n) is 2.67. The van der Waals surface area contributed by atoms with Crippen LogP contribution in [-0.2, 0) is 6.54 Å². The molecule has 2 aromatic carbocycles. The summed E-state index contributed by atoms with van der Waals surface area (Å²) < 4.78 is 7.54. The van der Waals surface area contributed by atoms with E-state index < -0.39 is 0 Å². The summed E-state index contributed by atoms with van der Waals surface area (Å²) >= 11 is 1.37. The molecular weight excluding hydrogens is 348 g/mol. The predicted octanol–water partition coefficient (Wildman–Crippen LogP) is 3.82. The van der Waals surface area contributed by atoms with E-state index in [0.29, 0.717) is 24.0 Å². The Kier molecular flexibility index (Phi) is 4.61. The van der Waals surface area contributed by atoms with Gasteiger partial charge in [-0.3, -0.25) is 14.8 Å². The highest BCUT2D eigenvalue weighted by Gasteiger charge is 2.17. The minimum absolute atomic E-state index is 0.265. The summed E-state index contributed by atoms with van der Waals surface area (Å²) in [5.74, 6) is 0.546. The molecule has 4 aromatic rings. The summed E-state index contributed by atoms with van der Waals surface area (Å²) in [6.07, 6.45) is 1.65. The zero-order valence-electron chi connectivity index (χ0n) is 13.8. The van der Waals surface area contributed by atoms with Crippen molar-refractivity contribution in [2.75, 3.05) is 11.9 Å².